The van der Waals surface area contributed by atoms with Gasteiger partial charge >= 0.3 is 0 Å². The number of hydrogen-bond acceptors (Lipinski definition) is 4. The zero-order valence-electron chi connectivity index (χ0n) is 12.4. The first kappa shape index (κ1) is 18.9. The predicted octanol–water partition coefficient (Wildman–Crippen LogP) is 3.65. The highest BCUT2D eigenvalue weighted by atomic mass is 35.5. The number of halogens is 2. The molecule has 0 aliphatic rings. The standard InChI is InChI=1S/C15H18ClN3OS.ClH/c1-9-3-4-11(6-13(9)16)5-12-8-18-15(21-12)19-14(20)10(2)7-17;/h3-4,6,8,10H,5,7,17H2,1-2H3,(H,18,19,20);1H. The van der Waals surface area contributed by atoms with Gasteiger partial charge in [-0.1, -0.05) is 30.7 Å². The van der Waals surface area contributed by atoms with Gasteiger partial charge in [0.2, 0.25) is 5.91 Å². The number of anilines is 1. The summed E-state index contributed by atoms with van der Waals surface area (Å²) in [6, 6.07) is 6.02. The Bertz CT molecular complexity index is 645. The summed E-state index contributed by atoms with van der Waals surface area (Å²) in [7, 11) is 0. The summed E-state index contributed by atoms with van der Waals surface area (Å²) >= 11 is 7.59. The molecule has 1 atom stereocenters. The Kier molecular flexibility index (Phi) is 7.29. The summed E-state index contributed by atoms with van der Waals surface area (Å²) in [6.07, 6.45) is 2.53. The monoisotopic (exact) mass is 359 g/mol. The van der Waals surface area contributed by atoms with Gasteiger partial charge < -0.3 is 11.1 Å². The Balaban J connectivity index is 0.00000242. The van der Waals surface area contributed by atoms with E-state index in [2.05, 4.69) is 16.4 Å². The van der Waals surface area contributed by atoms with Crippen LogP contribution in [-0.4, -0.2) is 17.4 Å². The lowest BCUT2D eigenvalue weighted by atomic mass is 10.1. The van der Waals surface area contributed by atoms with Gasteiger partial charge in [-0.05, 0) is 24.1 Å². The predicted molar refractivity (Wildman–Crippen MR) is 95.2 cm³/mol. The molecule has 1 aromatic heterocycles. The van der Waals surface area contributed by atoms with Crippen molar-refractivity contribution in [2.45, 2.75) is 20.3 Å². The summed E-state index contributed by atoms with van der Waals surface area (Å²) in [6.45, 7) is 4.09. The van der Waals surface area contributed by atoms with E-state index in [1.807, 2.05) is 19.1 Å². The minimum atomic E-state index is -0.215. The minimum absolute atomic E-state index is 0. The van der Waals surface area contributed by atoms with Crippen LogP contribution >= 0.6 is 35.3 Å². The van der Waals surface area contributed by atoms with E-state index in [0.29, 0.717) is 11.7 Å². The smallest absolute Gasteiger partial charge is 0.230 e. The summed E-state index contributed by atoms with van der Waals surface area (Å²) < 4.78 is 0. The number of aryl methyl sites for hydroxylation is 1. The normalized spacial score (nSPS) is 11.6. The Hall–Kier alpha value is -1.14. The van der Waals surface area contributed by atoms with Gasteiger partial charge in [0.05, 0.1) is 0 Å². The van der Waals surface area contributed by atoms with Crippen LogP contribution in [0, 0.1) is 12.8 Å². The molecule has 0 saturated heterocycles. The number of carbonyl (C=O) groups excluding carboxylic acids is 1. The van der Waals surface area contributed by atoms with Crippen molar-refractivity contribution in [3.05, 3.63) is 45.4 Å². The largest absolute Gasteiger partial charge is 0.330 e. The molecule has 2 rings (SSSR count). The number of aromatic nitrogens is 1. The first-order valence-electron chi connectivity index (χ1n) is 6.70. The van der Waals surface area contributed by atoms with Crippen molar-refractivity contribution in [3.8, 4) is 0 Å². The van der Waals surface area contributed by atoms with Crippen LogP contribution in [0.25, 0.3) is 0 Å². The van der Waals surface area contributed by atoms with E-state index in [4.69, 9.17) is 17.3 Å². The van der Waals surface area contributed by atoms with Crippen LogP contribution in [0.2, 0.25) is 5.02 Å². The molecule has 0 aliphatic heterocycles. The number of thiazole rings is 1. The van der Waals surface area contributed by atoms with Crippen LogP contribution in [0.3, 0.4) is 0 Å². The highest BCUT2D eigenvalue weighted by molar-refractivity contribution is 7.15. The fraction of sp³-hybridized carbons (Fsp3) is 0.333. The fourth-order valence-electron chi connectivity index (χ4n) is 1.73. The molecule has 0 saturated carbocycles. The number of carbonyl (C=O) groups is 1. The average molecular weight is 360 g/mol. The number of nitrogens with one attached hydrogen (secondary N) is 1. The van der Waals surface area contributed by atoms with Crippen LogP contribution in [0.5, 0.6) is 0 Å². The Labute approximate surface area is 145 Å². The van der Waals surface area contributed by atoms with Gasteiger partial charge in [-0.2, -0.15) is 0 Å². The molecule has 3 N–H and O–H groups in total. The van der Waals surface area contributed by atoms with E-state index in [0.717, 1.165) is 27.4 Å². The van der Waals surface area contributed by atoms with Crippen molar-refractivity contribution in [2.75, 3.05) is 11.9 Å². The molecule has 1 unspecified atom stereocenters. The van der Waals surface area contributed by atoms with Crippen molar-refractivity contribution in [1.29, 1.82) is 0 Å². The van der Waals surface area contributed by atoms with Gasteiger partial charge in [0.15, 0.2) is 5.13 Å². The molecule has 0 aliphatic carbocycles. The molecule has 120 valence electrons. The maximum Gasteiger partial charge on any atom is 0.230 e. The molecule has 0 bridgehead atoms. The zero-order valence-corrected chi connectivity index (χ0v) is 14.8. The van der Waals surface area contributed by atoms with Gasteiger partial charge in [-0.25, -0.2) is 4.98 Å². The highest BCUT2D eigenvalue weighted by Gasteiger charge is 2.13. The van der Waals surface area contributed by atoms with Crippen molar-refractivity contribution in [1.82, 2.24) is 4.98 Å². The van der Waals surface area contributed by atoms with Gasteiger partial charge in [-0.15, -0.1) is 23.7 Å². The number of nitrogens with zero attached hydrogens (tertiary/aromatic N) is 1. The third kappa shape index (κ3) is 4.95. The maximum absolute atomic E-state index is 11.8. The zero-order chi connectivity index (χ0) is 15.4. The topological polar surface area (TPSA) is 68.0 Å². The van der Waals surface area contributed by atoms with E-state index in [1.165, 1.54) is 11.3 Å². The Morgan fingerprint density at radius 2 is 2.23 bits per heavy atom. The van der Waals surface area contributed by atoms with Crippen LogP contribution in [0.4, 0.5) is 5.13 Å². The molecule has 0 spiro atoms. The van der Waals surface area contributed by atoms with Crippen LogP contribution in [0.15, 0.2) is 24.4 Å². The maximum atomic E-state index is 11.8. The molecular weight excluding hydrogens is 341 g/mol. The number of amides is 1. The second kappa shape index (κ2) is 8.48. The minimum Gasteiger partial charge on any atom is -0.330 e. The lowest BCUT2D eigenvalue weighted by molar-refractivity contribution is -0.119. The lowest BCUT2D eigenvalue weighted by Crippen LogP contribution is -2.26. The molecule has 0 fully saturated rings. The van der Waals surface area contributed by atoms with E-state index in [1.54, 1.807) is 13.1 Å². The number of rotatable bonds is 5. The molecule has 1 aromatic carbocycles. The summed E-state index contributed by atoms with van der Waals surface area (Å²) in [5.41, 5.74) is 7.66. The van der Waals surface area contributed by atoms with Gasteiger partial charge in [0.25, 0.3) is 0 Å². The van der Waals surface area contributed by atoms with Gasteiger partial charge in [0.1, 0.15) is 0 Å². The molecule has 1 heterocycles. The summed E-state index contributed by atoms with van der Waals surface area (Å²) in [5.74, 6) is -0.315. The molecular formula is C15H19Cl2N3OS. The SMILES string of the molecule is Cc1ccc(Cc2cnc(NC(=O)C(C)CN)s2)cc1Cl.Cl. The van der Waals surface area contributed by atoms with Crippen LogP contribution < -0.4 is 11.1 Å². The number of benzene rings is 1. The molecule has 22 heavy (non-hydrogen) atoms. The van der Waals surface area contributed by atoms with Crippen molar-refractivity contribution in [3.63, 3.8) is 0 Å². The van der Waals surface area contributed by atoms with Crippen molar-refractivity contribution in [2.24, 2.45) is 11.7 Å². The molecule has 4 nitrogen and oxygen atoms in total. The third-order valence-electron chi connectivity index (χ3n) is 3.20. The molecule has 2 aromatic rings. The first-order valence-corrected chi connectivity index (χ1v) is 7.89. The lowest BCUT2D eigenvalue weighted by Gasteiger charge is -2.06. The summed E-state index contributed by atoms with van der Waals surface area (Å²) in [4.78, 5) is 17.0. The Morgan fingerprint density at radius 1 is 1.50 bits per heavy atom. The van der Waals surface area contributed by atoms with E-state index in [9.17, 15) is 4.79 Å². The van der Waals surface area contributed by atoms with E-state index in [-0.39, 0.29) is 24.2 Å². The van der Waals surface area contributed by atoms with E-state index >= 15 is 0 Å². The average Bonchev–Trinajstić information content (AvgIpc) is 2.89. The van der Waals surface area contributed by atoms with E-state index < -0.39 is 0 Å². The van der Waals surface area contributed by atoms with Crippen LogP contribution in [0.1, 0.15) is 22.9 Å². The second-order valence-corrected chi connectivity index (χ2v) is 6.54. The quantitative estimate of drug-likeness (QED) is 0.855. The Morgan fingerprint density at radius 3 is 2.86 bits per heavy atom. The molecule has 7 heteroatoms. The van der Waals surface area contributed by atoms with Crippen molar-refractivity contribution >= 4 is 46.4 Å². The summed E-state index contributed by atoms with van der Waals surface area (Å²) in [5, 5.41) is 4.15. The molecule has 1 amide bonds. The number of hydrogen-bond donors (Lipinski definition) is 2. The fourth-order valence-corrected chi connectivity index (χ4v) is 2.78. The third-order valence-corrected chi connectivity index (χ3v) is 4.52. The second-order valence-electron chi connectivity index (χ2n) is 5.02. The molecule has 0 radical (unpaired) electrons. The number of nitrogens with two attached hydrogens (primary N) is 1. The van der Waals surface area contributed by atoms with Crippen molar-refractivity contribution < 1.29 is 4.79 Å². The first-order chi connectivity index (χ1) is 9.99. The van der Waals surface area contributed by atoms with Gasteiger partial charge in [0, 0.05) is 35.0 Å². The van der Waals surface area contributed by atoms with Crippen LogP contribution in [-0.2, 0) is 11.2 Å². The van der Waals surface area contributed by atoms with Gasteiger partial charge in [-0.3, -0.25) is 4.79 Å². The highest BCUT2D eigenvalue weighted by Crippen LogP contribution is 2.24.